The van der Waals surface area contributed by atoms with Gasteiger partial charge in [-0.3, -0.25) is 4.79 Å². The van der Waals surface area contributed by atoms with E-state index in [1.54, 1.807) is 23.5 Å². The molecule has 138 valence electrons. The first-order valence-corrected chi connectivity index (χ1v) is 9.65. The fourth-order valence-electron chi connectivity index (χ4n) is 2.60. The molecule has 27 heavy (non-hydrogen) atoms. The minimum absolute atomic E-state index is 0.0421. The van der Waals surface area contributed by atoms with Crippen LogP contribution in [0.3, 0.4) is 0 Å². The Morgan fingerprint density at radius 1 is 1.22 bits per heavy atom. The molecule has 0 radical (unpaired) electrons. The lowest BCUT2D eigenvalue weighted by Crippen LogP contribution is -2.24. The molecule has 3 aromatic rings. The molecule has 1 atom stereocenters. The first kappa shape index (κ1) is 18.9. The van der Waals surface area contributed by atoms with Crippen LogP contribution in [0.2, 0.25) is 0 Å². The van der Waals surface area contributed by atoms with Crippen molar-refractivity contribution in [3.63, 3.8) is 0 Å². The van der Waals surface area contributed by atoms with Crippen molar-refractivity contribution in [2.45, 2.75) is 26.5 Å². The molecule has 0 saturated heterocycles. The van der Waals surface area contributed by atoms with Gasteiger partial charge in [-0.25, -0.2) is 4.98 Å². The van der Waals surface area contributed by atoms with E-state index < -0.39 is 0 Å². The second-order valence-corrected chi connectivity index (χ2v) is 7.26. The Kier molecular flexibility index (Phi) is 6.39. The average Bonchev–Trinajstić information content (AvgIpc) is 3.11. The SMILES string of the molecule is Cc1nc(COc2cccc(/C=C/C(=O)NC(C)c3ccccc3)c2)cs1. The fourth-order valence-corrected chi connectivity index (χ4v) is 3.20. The van der Waals surface area contributed by atoms with Crippen molar-refractivity contribution in [2.75, 3.05) is 0 Å². The van der Waals surface area contributed by atoms with E-state index in [1.165, 1.54) is 0 Å². The quantitative estimate of drug-likeness (QED) is 0.594. The molecule has 5 heteroatoms. The predicted octanol–water partition coefficient (Wildman–Crippen LogP) is 4.92. The second kappa shape index (κ2) is 9.14. The summed E-state index contributed by atoms with van der Waals surface area (Å²) in [5.74, 6) is 0.622. The van der Waals surface area contributed by atoms with E-state index in [1.807, 2.05) is 73.8 Å². The molecule has 0 aliphatic carbocycles. The van der Waals surface area contributed by atoms with Gasteiger partial charge in [0.25, 0.3) is 0 Å². The van der Waals surface area contributed by atoms with E-state index in [0.29, 0.717) is 6.61 Å². The maximum Gasteiger partial charge on any atom is 0.244 e. The van der Waals surface area contributed by atoms with Crippen LogP contribution in [0, 0.1) is 6.92 Å². The predicted molar refractivity (Wildman–Crippen MR) is 110 cm³/mol. The lowest BCUT2D eigenvalue weighted by Gasteiger charge is -2.12. The molecule has 0 bridgehead atoms. The summed E-state index contributed by atoms with van der Waals surface area (Å²) in [4.78, 5) is 16.5. The molecule has 0 saturated carbocycles. The van der Waals surface area contributed by atoms with Crippen LogP contribution >= 0.6 is 11.3 Å². The Bertz CT molecular complexity index is 919. The largest absolute Gasteiger partial charge is 0.487 e. The number of thiazole rings is 1. The molecule has 1 amide bonds. The minimum atomic E-state index is -0.129. The topological polar surface area (TPSA) is 51.2 Å². The van der Waals surface area contributed by atoms with Crippen LogP contribution in [0.4, 0.5) is 0 Å². The van der Waals surface area contributed by atoms with Crippen molar-refractivity contribution in [3.8, 4) is 5.75 Å². The molecule has 3 rings (SSSR count). The zero-order valence-electron chi connectivity index (χ0n) is 15.4. The first-order valence-electron chi connectivity index (χ1n) is 8.77. The van der Waals surface area contributed by atoms with Crippen molar-refractivity contribution in [1.82, 2.24) is 10.3 Å². The van der Waals surface area contributed by atoms with Gasteiger partial charge < -0.3 is 10.1 Å². The Morgan fingerprint density at radius 3 is 2.78 bits per heavy atom. The van der Waals surface area contributed by atoms with Crippen LogP contribution < -0.4 is 10.1 Å². The zero-order valence-corrected chi connectivity index (χ0v) is 16.2. The summed E-state index contributed by atoms with van der Waals surface area (Å²) in [6.45, 7) is 4.38. The van der Waals surface area contributed by atoms with Gasteiger partial charge in [0.2, 0.25) is 5.91 Å². The number of amides is 1. The Balaban J connectivity index is 1.55. The Morgan fingerprint density at radius 2 is 2.04 bits per heavy atom. The van der Waals surface area contributed by atoms with Crippen LogP contribution in [0.1, 0.15) is 34.8 Å². The molecule has 4 nitrogen and oxygen atoms in total. The smallest absolute Gasteiger partial charge is 0.244 e. The van der Waals surface area contributed by atoms with Gasteiger partial charge in [0, 0.05) is 11.5 Å². The lowest BCUT2D eigenvalue weighted by molar-refractivity contribution is -0.117. The molecule has 1 N–H and O–H groups in total. The number of aromatic nitrogens is 1. The Labute approximate surface area is 163 Å². The van der Waals surface area contributed by atoms with E-state index in [2.05, 4.69) is 10.3 Å². The van der Waals surface area contributed by atoms with Gasteiger partial charge in [0.05, 0.1) is 16.7 Å². The highest BCUT2D eigenvalue weighted by atomic mass is 32.1. The van der Waals surface area contributed by atoms with Gasteiger partial charge in [-0.1, -0.05) is 42.5 Å². The summed E-state index contributed by atoms with van der Waals surface area (Å²) in [6, 6.07) is 17.5. The number of carbonyl (C=O) groups is 1. The van der Waals surface area contributed by atoms with E-state index in [9.17, 15) is 4.79 Å². The number of nitrogens with one attached hydrogen (secondary N) is 1. The van der Waals surface area contributed by atoms with Crippen molar-refractivity contribution < 1.29 is 9.53 Å². The van der Waals surface area contributed by atoms with Gasteiger partial charge in [-0.15, -0.1) is 11.3 Å². The van der Waals surface area contributed by atoms with E-state index in [0.717, 1.165) is 27.6 Å². The molecule has 0 spiro atoms. The second-order valence-electron chi connectivity index (χ2n) is 6.19. The molecule has 2 aromatic carbocycles. The minimum Gasteiger partial charge on any atom is -0.487 e. The summed E-state index contributed by atoms with van der Waals surface area (Å²) in [5.41, 5.74) is 2.91. The number of hydrogen-bond donors (Lipinski definition) is 1. The molecule has 1 unspecified atom stereocenters. The number of carbonyl (C=O) groups excluding carboxylic acids is 1. The molecule has 0 aliphatic heterocycles. The number of rotatable bonds is 7. The highest BCUT2D eigenvalue weighted by Gasteiger charge is 2.06. The third kappa shape index (κ3) is 5.79. The van der Waals surface area contributed by atoms with Crippen molar-refractivity contribution in [2.24, 2.45) is 0 Å². The van der Waals surface area contributed by atoms with Gasteiger partial charge in [-0.05, 0) is 43.2 Å². The third-order valence-electron chi connectivity index (χ3n) is 4.00. The van der Waals surface area contributed by atoms with Crippen LogP contribution in [0.5, 0.6) is 5.75 Å². The number of hydrogen-bond acceptors (Lipinski definition) is 4. The maximum atomic E-state index is 12.2. The summed E-state index contributed by atoms with van der Waals surface area (Å²) < 4.78 is 5.78. The monoisotopic (exact) mass is 378 g/mol. The number of aryl methyl sites for hydroxylation is 1. The fraction of sp³-hybridized carbons (Fsp3) is 0.182. The molecule has 0 fully saturated rings. The van der Waals surface area contributed by atoms with E-state index >= 15 is 0 Å². The van der Waals surface area contributed by atoms with Crippen LogP contribution in [-0.4, -0.2) is 10.9 Å². The van der Waals surface area contributed by atoms with Crippen LogP contribution in [0.25, 0.3) is 6.08 Å². The van der Waals surface area contributed by atoms with Gasteiger partial charge in [0.1, 0.15) is 12.4 Å². The van der Waals surface area contributed by atoms with Gasteiger partial charge in [0.15, 0.2) is 0 Å². The standard InChI is InChI=1S/C22H22N2O2S/c1-16(19-8-4-3-5-9-19)23-22(25)12-11-18-7-6-10-21(13-18)26-14-20-15-27-17(2)24-20/h3-13,15-16H,14H2,1-2H3,(H,23,25)/b12-11+. The van der Waals surface area contributed by atoms with Crippen LogP contribution in [-0.2, 0) is 11.4 Å². The van der Waals surface area contributed by atoms with Crippen LogP contribution in [0.15, 0.2) is 66.1 Å². The number of ether oxygens (including phenoxy) is 1. The van der Waals surface area contributed by atoms with Crippen molar-refractivity contribution in [1.29, 1.82) is 0 Å². The lowest BCUT2D eigenvalue weighted by atomic mass is 10.1. The van der Waals surface area contributed by atoms with Gasteiger partial charge >= 0.3 is 0 Å². The first-order chi connectivity index (χ1) is 13.1. The normalized spacial score (nSPS) is 12.1. The maximum absolute atomic E-state index is 12.2. The zero-order chi connectivity index (χ0) is 19.1. The Hall–Kier alpha value is -2.92. The van der Waals surface area contributed by atoms with Crippen molar-refractivity contribution in [3.05, 3.63) is 87.9 Å². The summed E-state index contributed by atoms with van der Waals surface area (Å²) in [5, 5.41) is 5.99. The molecule has 1 aromatic heterocycles. The van der Waals surface area contributed by atoms with Gasteiger partial charge in [-0.2, -0.15) is 0 Å². The third-order valence-corrected chi connectivity index (χ3v) is 4.82. The number of benzene rings is 2. The number of nitrogens with zero attached hydrogens (tertiary/aromatic N) is 1. The molecular weight excluding hydrogens is 356 g/mol. The molecule has 1 heterocycles. The van der Waals surface area contributed by atoms with E-state index in [-0.39, 0.29) is 11.9 Å². The molecule has 0 aliphatic rings. The highest BCUT2D eigenvalue weighted by Crippen LogP contribution is 2.17. The highest BCUT2D eigenvalue weighted by molar-refractivity contribution is 7.09. The molecular formula is C22H22N2O2S. The summed E-state index contributed by atoms with van der Waals surface area (Å²) >= 11 is 1.61. The summed E-state index contributed by atoms with van der Waals surface area (Å²) in [6.07, 6.45) is 3.33. The van der Waals surface area contributed by atoms with E-state index in [4.69, 9.17) is 4.74 Å². The average molecular weight is 378 g/mol. The summed E-state index contributed by atoms with van der Waals surface area (Å²) in [7, 11) is 0. The van der Waals surface area contributed by atoms with Crippen molar-refractivity contribution >= 4 is 23.3 Å².